The molecule has 1 aliphatic rings. The Kier molecular flexibility index (Phi) is 8.60. The first kappa shape index (κ1) is 30.4. The second kappa shape index (κ2) is 10.8. The Bertz CT molecular complexity index is 1300. The highest BCUT2D eigenvalue weighted by molar-refractivity contribution is 7.91. The van der Waals surface area contributed by atoms with Crippen LogP contribution in [0, 0.1) is 11.2 Å². The van der Waals surface area contributed by atoms with E-state index in [0.29, 0.717) is 12.2 Å². The summed E-state index contributed by atoms with van der Waals surface area (Å²) in [6, 6.07) is 3.73. The normalized spacial score (nSPS) is 20.9. The molecule has 1 aromatic carbocycles. The number of aromatic nitrogens is 2. The standard InChI is InChI=1S/C25H32ClF4N3O4S/c1-5-19-32-20(22(34)31-14-24(35)10-8-17(9-11-24)38(4,36)37)21(26)33(19)16-7-6-15(18(27)12-16)13-23(2,3)25(28,29)30/h6-7,12,17,35H,5,8-11,13-14H2,1-4H3,(H,31,34). The predicted molar refractivity (Wildman–Crippen MR) is 136 cm³/mol. The third-order valence-corrected chi connectivity index (χ3v) is 9.19. The number of benzene rings is 1. The Labute approximate surface area is 224 Å². The highest BCUT2D eigenvalue weighted by atomic mass is 35.5. The summed E-state index contributed by atoms with van der Waals surface area (Å²) in [5.74, 6) is -1.19. The van der Waals surface area contributed by atoms with E-state index in [1.54, 1.807) is 6.92 Å². The van der Waals surface area contributed by atoms with E-state index < -0.39 is 50.4 Å². The molecule has 3 rings (SSSR count). The SMILES string of the molecule is CCc1nc(C(=O)NCC2(O)CCC(S(C)(=O)=O)CC2)c(Cl)n1-c1ccc(CC(C)(C)C(F)(F)F)c(F)c1. The molecule has 38 heavy (non-hydrogen) atoms. The Morgan fingerprint density at radius 1 is 1.26 bits per heavy atom. The van der Waals surface area contributed by atoms with Gasteiger partial charge in [0.05, 0.1) is 22.0 Å². The van der Waals surface area contributed by atoms with Crippen molar-refractivity contribution in [1.29, 1.82) is 0 Å². The number of amides is 1. The van der Waals surface area contributed by atoms with Gasteiger partial charge in [-0.1, -0.05) is 38.4 Å². The van der Waals surface area contributed by atoms with Gasteiger partial charge in [-0.15, -0.1) is 0 Å². The molecule has 0 unspecified atom stereocenters. The molecule has 2 aromatic rings. The monoisotopic (exact) mass is 581 g/mol. The number of nitrogens with one attached hydrogen (secondary N) is 1. The fraction of sp³-hybridized carbons (Fsp3) is 0.600. The van der Waals surface area contributed by atoms with Crippen LogP contribution in [0.2, 0.25) is 5.15 Å². The summed E-state index contributed by atoms with van der Waals surface area (Å²) in [5, 5.41) is 12.8. The summed E-state index contributed by atoms with van der Waals surface area (Å²) in [6.45, 7) is 3.61. The lowest BCUT2D eigenvalue weighted by Crippen LogP contribution is -2.47. The minimum atomic E-state index is -4.51. The Hall–Kier alpha value is -2.18. The smallest absolute Gasteiger partial charge is 0.388 e. The average molecular weight is 582 g/mol. The van der Waals surface area contributed by atoms with Gasteiger partial charge in [-0.05, 0) is 49.8 Å². The van der Waals surface area contributed by atoms with Gasteiger partial charge in [0.15, 0.2) is 5.69 Å². The van der Waals surface area contributed by atoms with E-state index in [9.17, 15) is 35.9 Å². The first-order chi connectivity index (χ1) is 17.4. The summed E-state index contributed by atoms with van der Waals surface area (Å²) in [7, 11) is -3.21. The molecule has 0 aliphatic heterocycles. The fourth-order valence-electron chi connectivity index (χ4n) is 4.55. The van der Waals surface area contributed by atoms with Gasteiger partial charge < -0.3 is 10.4 Å². The van der Waals surface area contributed by atoms with E-state index in [1.807, 2.05) is 0 Å². The Balaban J connectivity index is 1.79. The topological polar surface area (TPSA) is 101 Å². The number of alkyl halides is 3. The first-order valence-corrected chi connectivity index (χ1v) is 14.5. The summed E-state index contributed by atoms with van der Waals surface area (Å²) in [5.41, 5.74) is -3.47. The molecule has 7 nitrogen and oxygen atoms in total. The van der Waals surface area contributed by atoms with Crippen molar-refractivity contribution in [2.24, 2.45) is 5.41 Å². The van der Waals surface area contributed by atoms with Crippen LogP contribution in [-0.2, 0) is 22.7 Å². The van der Waals surface area contributed by atoms with E-state index in [0.717, 1.165) is 26.2 Å². The quantitative estimate of drug-likeness (QED) is 0.436. The van der Waals surface area contributed by atoms with Gasteiger partial charge in [0.1, 0.15) is 26.6 Å². The van der Waals surface area contributed by atoms with Crippen LogP contribution in [0.3, 0.4) is 0 Å². The molecular weight excluding hydrogens is 550 g/mol. The zero-order valence-electron chi connectivity index (χ0n) is 21.6. The molecule has 0 saturated heterocycles. The van der Waals surface area contributed by atoms with Gasteiger partial charge in [0, 0.05) is 19.2 Å². The number of aliphatic hydroxyl groups is 1. The molecule has 0 spiro atoms. The van der Waals surface area contributed by atoms with Gasteiger partial charge in [0.25, 0.3) is 5.91 Å². The molecule has 1 heterocycles. The zero-order chi connectivity index (χ0) is 28.7. The van der Waals surface area contributed by atoms with Crippen LogP contribution in [0.25, 0.3) is 5.69 Å². The second-order valence-corrected chi connectivity index (χ2v) is 13.3. The summed E-state index contributed by atoms with van der Waals surface area (Å²) in [4.78, 5) is 17.2. The van der Waals surface area contributed by atoms with Crippen LogP contribution in [0.4, 0.5) is 17.6 Å². The molecule has 1 amide bonds. The lowest BCUT2D eigenvalue weighted by molar-refractivity contribution is -0.211. The minimum absolute atomic E-state index is 0.109. The van der Waals surface area contributed by atoms with Crippen LogP contribution in [0.5, 0.6) is 0 Å². The van der Waals surface area contributed by atoms with Crippen molar-refractivity contribution >= 4 is 27.3 Å². The van der Waals surface area contributed by atoms with Gasteiger partial charge in [-0.3, -0.25) is 9.36 Å². The lowest BCUT2D eigenvalue weighted by Gasteiger charge is -2.35. The number of halogens is 5. The largest absolute Gasteiger partial charge is 0.394 e. The molecule has 0 bridgehead atoms. The molecule has 1 saturated carbocycles. The summed E-state index contributed by atoms with van der Waals surface area (Å²) >= 11 is 6.46. The van der Waals surface area contributed by atoms with Crippen LogP contribution in [0.1, 0.15) is 68.3 Å². The maximum atomic E-state index is 14.9. The summed E-state index contributed by atoms with van der Waals surface area (Å²) < 4.78 is 79.5. The van der Waals surface area contributed by atoms with Crippen molar-refractivity contribution < 1.29 is 35.9 Å². The van der Waals surface area contributed by atoms with Gasteiger partial charge in [-0.25, -0.2) is 17.8 Å². The minimum Gasteiger partial charge on any atom is -0.388 e. The maximum absolute atomic E-state index is 14.9. The van der Waals surface area contributed by atoms with Crippen LogP contribution >= 0.6 is 11.6 Å². The number of sulfone groups is 1. The second-order valence-electron chi connectivity index (χ2n) is 10.6. The van der Waals surface area contributed by atoms with Crippen molar-refractivity contribution in [3.05, 3.63) is 46.3 Å². The van der Waals surface area contributed by atoms with E-state index >= 15 is 0 Å². The molecule has 1 aliphatic carbocycles. The number of carbonyl (C=O) groups excluding carboxylic acids is 1. The van der Waals surface area contributed by atoms with Crippen molar-refractivity contribution in [2.75, 3.05) is 12.8 Å². The van der Waals surface area contributed by atoms with Crippen LogP contribution in [0.15, 0.2) is 18.2 Å². The molecule has 1 aromatic heterocycles. The molecule has 212 valence electrons. The molecule has 2 N–H and O–H groups in total. The number of imidazole rings is 1. The van der Waals surface area contributed by atoms with Gasteiger partial charge >= 0.3 is 6.18 Å². The van der Waals surface area contributed by atoms with E-state index in [-0.39, 0.29) is 54.3 Å². The third kappa shape index (κ3) is 6.51. The molecule has 0 radical (unpaired) electrons. The number of nitrogens with zero attached hydrogens (tertiary/aromatic N) is 2. The van der Waals surface area contributed by atoms with Crippen LogP contribution < -0.4 is 5.32 Å². The lowest BCUT2D eigenvalue weighted by atomic mass is 9.84. The maximum Gasteiger partial charge on any atom is 0.394 e. The predicted octanol–water partition coefficient (Wildman–Crippen LogP) is 4.81. The van der Waals surface area contributed by atoms with E-state index in [2.05, 4.69) is 10.3 Å². The van der Waals surface area contributed by atoms with E-state index in [4.69, 9.17) is 11.6 Å². The molecule has 0 atom stereocenters. The highest BCUT2D eigenvalue weighted by Gasteiger charge is 2.47. The van der Waals surface area contributed by atoms with Crippen molar-refractivity contribution in [3.8, 4) is 5.69 Å². The van der Waals surface area contributed by atoms with Crippen molar-refractivity contribution in [3.63, 3.8) is 0 Å². The molecular formula is C25H32ClF4N3O4S. The number of hydrogen-bond donors (Lipinski definition) is 2. The zero-order valence-corrected chi connectivity index (χ0v) is 23.2. The van der Waals surface area contributed by atoms with Gasteiger partial charge in [0.2, 0.25) is 0 Å². The van der Waals surface area contributed by atoms with Crippen molar-refractivity contribution in [1.82, 2.24) is 14.9 Å². The fourth-order valence-corrected chi connectivity index (χ4v) is 5.96. The number of aryl methyl sites for hydroxylation is 1. The van der Waals surface area contributed by atoms with Gasteiger partial charge in [-0.2, -0.15) is 13.2 Å². The third-order valence-electron chi connectivity index (χ3n) is 7.16. The summed E-state index contributed by atoms with van der Waals surface area (Å²) in [6.07, 6.45) is -2.63. The van der Waals surface area contributed by atoms with E-state index in [1.165, 1.54) is 16.7 Å². The number of rotatable bonds is 8. The first-order valence-electron chi connectivity index (χ1n) is 12.2. The van der Waals surface area contributed by atoms with Crippen molar-refractivity contribution in [2.45, 2.75) is 76.3 Å². The van der Waals surface area contributed by atoms with Crippen LogP contribution in [-0.4, -0.2) is 58.8 Å². The number of carbonyl (C=O) groups is 1. The highest BCUT2D eigenvalue weighted by Crippen LogP contribution is 2.41. The average Bonchev–Trinajstić information content (AvgIpc) is 3.14. The molecule has 13 heteroatoms. The molecule has 1 fully saturated rings. The Morgan fingerprint density at radius 2 is 1.87 bits per heavy atom. The Morgan fingerprint density at radius 3 is 2.37 bits per heavy atom. The number of hydrogen-bond acceptors (Lipinski definition) is 5.